The average molecular weight is 236 g/mol. The Bertz CT molecular complexity index is 298. The standard InChI is InChI=1S/C14H20O3/c1-16-12-17-11-9-14(8-5-10-15)13-6-3-2-4-7-13/h2-4,6-7,10,14H,5,8-9,11-12H2,1H3/t14-/m1/s1. The van der Waals surface area contributed by atoms with Crippen LogP contribution in [-0.2, 0) is 14.3 Å². The predicted molar refractivity (Wildman–Crippen MR) is 66.9 cm³/mol. The van der Waals surface area contributed by atoms with Gasteiger partial charge in [0, 0.05) is 13.5 Å². The number of methoxy groups -OCH3 is 1. The van der Waals surface area contributed by atoms with E-state index >= 15 is 0 Å². The van der Waals surface area contributed by atoms with Crippen molar-refractivity contribution in [1.29, 1.82) is 0 Å². The number of hydrogen-bond acceptors (Lipinski definition) is 3. The fourth-order valence-electron chi connectivity index (χ4n) is 1.84. The first-order valence-corrected chi connectivity index (χ1v) is 5.93. The molecule has 0 aliphatic carbocycles. The van der Waals surface area contributed by atoms with E-state index in [4.69, 9.17) is 9.47 Å². The van der Waals surface area contributed by atoms with E-state index in [0.717, 1.165) is 19.1 Å². The number of benzene rings is 1. The third-order valence-electron chi connectivity index (χ3n) is 2.72. The van der Waals surface area contributed by atoms with E-state index in [1.165, 1.54) is 5.56 Å². The molecule has 0 N–H and O–H groups in total. The van der Waals surface area contributed by atoms with Crippen molar-refractivity contribution >= 4 is 6.29 Å². The molecule has 1 aromatic carbocycles. The molecule has 3 heteroatoms. The van der Waals surface area contributed by atoms with Gasteiger partial charge in [0.2, 0.25) is 0 Å². The van der Waals surface area contributed by atoms with Crippen LogP contribution in [-0.4, -0.2) is 26.8 Å². The van der Waals surface area contributed by atoms with Crippen LogP contribution in [0.25, 0.3) is 0 Å². The summed E-state index contributed by atoms with van der Waals surface area (Å²) >= 11 is 0. The highest BCUT2D eigenvalue weighted by atomic mass is 16.7. The lowest BCUT2D eigenvalue weighted by atomic mass is 9.92. The average Bonchev–Trinajstić information content (AvgIpc) is 2.39. The molecule has 0 fully saturated rings. The summed E-state index contributed by atoms with van der Waals surface area (Å²) in [5.74, 6) is 0.387. The zero-order chi connectivity index (χ0) is 12.3. The van der Waals surface area contributed by atoms with Crippen LogP contribution < -0.4 is 0 Å². The van der Waals surface area contributed by atoms with Gasteiger partial charge >= 0.3 is 0 Å². The van der Waals surface area contributed by atoms with Gasteiger partial charge in [0.25, 0.3) is 0 Å². The molecule has 1 rings (SSSR count). The molecular formula is C14H20O3. The number of carbonyl (C=O) groups is 1. The molecule has 0 radical (unpaired) electrons. The van der Waals surface area contributed by atoms with Gasteiger partial charge in [-0.3, -0.25) is 0 Å². The zero-order valence-electron chi connectivity index (χ0n) is 10.3. The first-order chi connectivity index (χ1) is 8.38. The Hall–Kier alpha value is -1.19. The predicted octanol–water partition coefficient (Wildman–Crippen LogP) is 2.76. The third-order valence-corrected chi connectivity index (χ3v) is 2.72. The maximum Gasteiger partial charge on any atom is 0.146 e. The van der Waals surface area contributed by atoms with E-state index in [9.17, 15) is 4.79 Å². The van der Waals surface area contributed by atoms with Crippen LogP contribution in [0.2, 0.25) is 0 Å². The van der Waals surface area contributed by atoms with Crippen LogP contribution in [0.4, 0.5) is 0 Å². The number of hydrogen-bond donors (Lipinski definition) is 0. The molecule has 3 nitrogen and oxygen atoms in total. The van der Waals surface area contributed by atoms with E-state index in [2.05, 4.69) is 12.1 Å². The second kappa shape index (κ2) is 8.90. The summed E-state index contributed by atoms with van der Waals surface area (Å²) < 4.78 is 10.1. The molecule has 0 saturated carbocycles. The normalized spacial score (nSPS) is 12.3. The molecule has 0 spiro atoms. The zero-order valence-corrected chi connectivity index (χ0v) is 10.3. The molecule has 0 heterocycles. The van der Waals surface area contributed by atoms with E-state index in [1.807, 2.05) is 18.2 Å². The lowest BCUT2D eigenvalue weighted by Gasteiger charge is -2.16. The van der Waals surface area contributed by atoms with Crippen molar-refractivity contribution in [3.63, 3.8) is 0 Å². The lowest BCUT2D eigenvalue weighted by Crippen LogP contribution is -2.06. The summed E-state index contributed by atoms with van der Waals surface area (Å²) in [6, 6.07) is 10.3. The van der Waals surface area contributed by atoms with E-state index in [1.54, 1.807) is 7.11 Å². The quantitative estimate of drug-likeness (QED) is 0.376. The molecule has 1 atom stereocenters. The van der Waals surface area contributed by atoms with Crippen molar-refractivity contribution in [2.45, 2.75) is 25.2 Å². The molecule has 0 aliphatic rings. The summed E-state index contributed by atoms with van der Waals surface area (Å²) in [6.07, 6.45) is 3.38. The summed E-state index contributed by atoms with van der Waals surface area (Å²) in [5.41, 5.74) is 1.27. The van der Waals surface area contributed by atoms with Gasteiger partial charge in [-0.05, 0) is 24.3 Å². The first-order valence-electron chi connectivity index (χ1n) is 5.93. The highest BCUT2D eigenvalue weighted by Gasteiger charge is 2.10. The van der Waals surface area contributed by atoms with Gasteiger partial charge in [0.05, 0.1) is 6.61 Å². The van der Waals surface area contributed by atoms with Crippen LogP contribution >= 0.6 is 0 Å². The maximum absolute atomic E-state index is 10.5. The minimum atomic E-state index is 0.329. The van der Waals surface area contributed by atoms with Gasteiger partial charge < -0.3 is 14.3 Å². The molecule has 0 aromatic heterocycles. The van der Waals surface area contributed by atoms with Crippen LogP contribution in [0.1, 0.15) is 30.7 Å². The summed E-state index contributed by atoms with van der Waals surface area (Å²) in [6.45, 7) is 0.988. The Morgan fingerprint density at radius 1 is 1.24 bits per heavy atom. The van der Waals surface area contributed by atoms with Gasteiger partial charge in [0.1, 0.15) is 13.1 Å². The molecule has 0 amide bonds. The van der Waals surface area contributed by atoms with Gasteiger partial charge in [-0.25, -0.2) is 0 Å². The monoisotopic (exact) mass is 236 g/mol. The van der Waals surface area contributed by atoms with Gasteiger partial charge in [-0.15, -0.1) is 0 Å². The summed E-state index contributed by atoms with van der Waals surface area (Å²) in [4.78, 5) is 10.5. The molecule has 17 heavy (non-hydrogen) atoms. The van der Waals surface area contributed by atoms with Crippen LogP contribution in [0.5, 0.6) is 0 Å². The second-order valence-corrected chi connectivity index (χ2v) is 3.96. The van der Waals surface area contributed by atoms with E-state index < -0.39 is 0 Å². The molecule has 0 saturated heterocycles. The fraction of sp³-hybridized carbons (Fsp3) is 0.500. The summed E-state index contributed by atoms with van der Waals surface area (Å²) in [7, 11) is 1.61. The molecule has 0 unspecified atom stereocenters. The van der Waals surface area contributed by atoms with Crippen LogP contribution in [0.3, 0.4) is 0 Å². The highest BCUT2D eigenvalue weighted by molar-refractivity contribution is 5.49. The van der Waals surface area contributed by atoms with Gasteiger partial charge in [-0.1, -0.05) is 30.3 Å². The first kappa shape index (κ1) is 13.9. The fourth-order valence-corrected chi connectivity index (χ4v) is 1.84. The smallest absolute Gasteiger partial charge is 0.146 e. The lowest BCUT2D eigenvalue weighted by molar-refractivity contribution is -0.108. The Labute approximate surface area is 103 Å². The molecule has 0 bridgehead atoms. The van der Waals surface area contributed by atoms with Crippen molar-refractivity contribution in [3.05, 3.63) is 35.9 Å². The molecule has 0 aliphatic heterocycles. The Morgan fingerprint density at radius 2 is 2.00 bits per heavy atom. The minimum absolute atomic E-state index is 0.329. The molecule has 1 aromatic rings. The number of carbonyl (C=O) groups excluding carboxylic acids is 1. The summed E-state index contributed by atoms with van der Waals surface area (Å²) in [5, 5.41) is 0. The largest absolute Gasteiger partial charge is 0.359 e. The Balaban J connectivity index is 2.45. The molecule has 94 valence electrons. The third kappa shape index (κ3) is 5.61. The van der Waals surface area contributed by atoms with Crippen molar-refractivity contribution in [2.75, 3.05) is 20.5 Å². The number of aldehydes is 1. The van der Waals surface area contributed by atoms with E-state index in [0.29, 0.717) is 25.7 Å². The Kier molecular flexibility index (Phi) is 7.27. The van der Waals surface area contributed by atoms with Crippen molar-refractivity contribution in [1.82, 2.24) is 0 Å². The maximum atomic E-state index is 10.5. The number of rotatable bonds is 9. The van der Waals surface area contributed by atoms with Gasteiger partial charge in [0.15, 0.2) is 0 Å². The topological polar surface area (TPSA) is 35.5 Å². The van der Waals surface area contributed by atoms with Crippen LogP contribution in [0, 0.1) is 0 Å². The molecular weight excluding hydrogens is 216 g/mol. The van der Waals surface area contributed by atoms with Crippen LogP contribution in [0.15, 0.2) is 30.3 Å². The Morgan fingerprint density at radius 3 is 2.65 bits per heavy atom. The SMILES string of the molecule is COCOCC[C@@H](CCC=O)c1ccccc1. The second-order valence-electron chi connectivity index (χ2n) is 3.96. The minimum Gasteiger partial charge on any atom is -0.359 e. The van der Waals surface area contributed by atoms with Crippen molar-refractivity contribution < 1.29 is 14.3 Å². The van der Waals surface area contributed by atoms with Crippen molar-refractivity contribution in [2.24, 2.45) is 0 Å². The number of ether oxygens (including phenoxy) is 2. The van der Waals surface area contributed by atoms with E-state index in [-0.39, 0.29) is 0 Å². The van der Waals surface area contributed by atoms with Crippen molar-refractivity contribution in [3.8, 4) is 0 Å². The van der Waals surface area contributed by atoms with Gasteiger partial charge in [-0.2, -0.15) is 0 Å². The highest BCUT2D eigenvalue weighted by Crippen LogP contribution is 2.24.